The third-order valence-electron chi connectivity index (χ3n) is 4.88. The van der Waals surface area contributed by atoms with Crippen LogP contribution >= 0.6 is 0 Å². The van der Waals surface area contributed by atoms with Gasteiger partial charge in [0.15, 0.2) is 0 Å². The molecule has 5 rings (SSSR count). The van der Waals surface area contributed by atoms with Crippen LogP contribution in [0.25, 0.3) is 32.8 Å². The maximum Gasteiger partial charge on any atom is 0.0743 e. The molecule has 0 radical (unpaired) electrons. The van der Waals surface area contributed by atoms with Crippen LogP contribution in [-0.4, -0.2) is 4.98 Å². The number of benzene rings is 3. The molecule has 0 aliphatic heterocycles. The van der Waals surface area contributed by atoms with E-state index in [1.807, 2.05) is 6.20 Å². The molecule has 1 aromatic heterocycles. The molecular formula is C21H15N. The molecule has 0 unspecified atom stereocenters. The number of rotatable bonds is 0. The lowest BCUT2D eigenvalue weighted by atomic mass is 9.97. The second-order valence-corrected chi connectivity index (χ2v) is 6.15. The maximum atomic E-state index is 4.65. The molecule has 0 saturated carbocycles. The Balaban J connectivity index is 1.90. The molecule has 1 heterocycles. The third kappa shape index (κ3) is 1.51. The third-order valence-corrected chi connectivity index (χ3v) is 4.88. The number of aromatic nitrogens is 1. The second-order valence-electron chi connectivity index (χ2n) is 6.15. The first-order valence-corrected chi connectivity index (χ1v) is 7.70. The summed E-state index contributed by atoms with van der Waals surface area (Å²) in [6, 6.07) is 19.9. The molecule has 0 bridgehead atoms. The van der Waals surface area contributed by atoms with Crippen molar-refractivity contribution >= 4 is 21.5 Å². The molecule has 1 aliphatic rings. The Morgan fingerprint density at radius 3 is 2.68 bits per heavy atom. The predicted octanol–water partition coefficient (Wildman–Crippen LogP) is 5.27. The van der Waals surface area contributed by atoms with Gasteiger partial charge in [-0.3, -0.25) is 4.98 Å². The summed E-state index contributed by atoms with van der Waals surface area (Å²) in [5.41, 5.74) is 6.61. The summed E-state index contributed by atoms with van der Waals surface area (Å²) < 4.78 is 0. The van der Waals surface area contributed by atoms with E-state index in [9.17, 15) is 0 Å². The van der Waals surface area contributed by atoms with Crippen LogP contribution in [0, 0.1) is 6.92 Å². The SMILES string of the molecule is Cc1ccnc2c1Cc1cc3ccc4ccccc4c3cc1-2. The van der Waals surface area contributed by atoms with Gasteiger partial charge in [-0.1, -0.05) is 42.5 Å². The van der Waals surface area contributed by atoms with Gasteiger partial charge in [-0.05, 0) is 57.3 Å². The summed E-state index contributed by atoms with van der Waals surface area (Å²) in [6.07, 6.45) is 2.93. The van der Waals surface area contributed by atoms with E-state index in [0.717, 1.165) is 6.42 Å². The van der Waals surface area contributed by atoms with Crippen LogP contribution in [0.5, 0.6) is 0 Å². The lowest BCUT2D eigenvalue weighted by Gasteiger charge is -2.07. The predicted molar refractivity (Wildman–Crippen MR) is 92.2 cm³/mol. The highest BCUT2D eigenvalue weighted by Gasteiger charge is 2.22. The molecule has 0 atom stereocenters. The molecule has 3 aromatic carbocycles. The summed E-state index contributed by atoms with van der Waals surface area (Å²) in [7, 11) is 0. The maximum absolute atomic E-state index is 4.65. The number of hydrogen-bond acceptors (Lipinski definition) is 1. The molecule has 1 heteroatoms. The summed E-state index contributed by atoms with van der Waals surface area (Å²) in [6.45, 7) is 2.18. The van der Waals surface area contributed by atoms with Gasteiger partial charge in [0, 0.05) is 18.2 Å². The first kappa shape index (κ1) is 11.9. The van der Waals surface area contributed by atoms with E-state index in [1.165, 1.54) is 49.5 Å². The molecule has 0 saturated heterocycles. The van der Waals surface area contributed by atoms with Gasteiger partial charge in [0.1, 0.15) is 0 Å². The van der Waals surface area contributed by atoms with Crippen molar-refractivity contribution in [2.45, 2.75) is 13.3 Å². The van der Waals surface area contributed by atoms with Gasteiger partial charge in [-0.25, -0.2) is 0 Å². The van der Waals surface area contributed by atoms with E-state index < -0.39 is 0 Å². The van der Waals surface area contributed by atoms with Crippen molar-refractivity contribution < 1.29 is 0 Å². The van der Waals surface area contributed by atoms with E-state index in [1.54, 1.807) is 0 Å². The molecule has 0 spiro atoms. The molecule has 0 N–H and O–H groups in total. The smallest absolute Gasteiger partial charge is 0.0743 e. The summed E-state index contributed by atoms with van der Waals surface area (Å²) in [5, 5.41) is 5.27. The number of aryl methyl sites for hydroxylation is 1. The van der Waals surface area contributed by atoms with Crippen molar-refractivity contribution in [3.05, 3.63) is 77.5 Å². The number of nitrogens with zero attached hydrogens (tertiary/aromatic N) is 1. The summed E-state index contributed by atoms with van der Waals surface area (Å²) in [5.74, 6) is 0. The molecule has 0 fully saturated rings. The van der Waals surface area contributed by atoms with Gasteiger partial charge in [0.05, 0.1) is 5.69 Å². The van der Waals surface area contributed by atoms with Gasteiger partial charge >= 0.3 is 0 Å². The molecule has 104 valence electrons. The van der Waals surface area contributed by atoms with E-state index in [4.69, 9.17) is 0 Å². The Labute approximate surface area is 129 Å². The van der Waals surface area contributed by atoms with Crippen molar-refractivity contribution in [3.63, 3.8) is 0 Å². The topological polar surface area (TPSA) is 12.9 Å². The largest absolute Gasteiger partial charge is 0.256 e. The molecule has 1 aliphatic carbocycles. The van der Waals surface area contributed by atoms with Crippen LogP contribution in [0.2, 0.25) is 0 Å². The highest BCUT2D eigenvalue weighted by atomic mass is 14.7. The Morgan fingerprint density at radius 2 is 1.73 bits per heavy atom. The minimum absolute atomic E-state index is 1.01. The van der Waals surface area contributed by atoms with Crippen LogP contribution in [0.3, 0.4) is 0 Å². The van der Waals surface area contributed by atoms with Gasteiger partial charge < -0.3 is 0 Å². The van der Waals surface area contributed by atoms with Crippen molar-refractivity contribution in [2.24, 2.45) is 0 Å². The van der Waals surface area contributed by atoms with Crippen LogP contribution in [0.4, 0.5) is 0 Å². The number of hydrogen-bond donors (Lipinski definition) is 0. The second kappa shape index (κ2) is 4.17. The summed E-state index contributed by atoms with van der Waals surface area (Å²) >= 11 is 0. The van der Waals surface area contributed by atoms with Gasteiger partial charge in [0.2, 0.25) is 0 Å². The standard InChI is InChI=1S/C21H15N/c1-13-8-9-22-21-18(13)11-16-10-15-7-6-14-4-2-3-5-17(14)19(15)12-20(16)21/h2-10,12H,11H2,1H3. The van der Waals surface area contributed by atoms with Gasteiger partial charge in [-0.15, -0.1) is 0 Å². The van der Waals surface area contributed by atoms with Crippen LogP contribution in [0.1, 0.15) is 16.7 Å². The van der Waals surface area contributed by atoms with Crippen molar-refractivity contribution in [3.8, 4) is 11.3 Å². The fraction of sp³-hybridized carbons (Fsp3) is 0.0952. The van der Waals surface area contributed by atoms with E-state index in [2.05, 4.69) is 66.5 Å². The average Bonchev–Trinajstić information content (AvgIpc) is 2.92. The van der Waals surface area contributed by atoms with E-state index in [0.29, 0.717) is 0 Å². The van der Waals surface area contributed by atoms with Crippen molar-refractivity contribution in [1.29, 1.82) is 0 Å². The fourth-order valence-corrected chi connectivity index (χ4v) is 3.70. The van der Waals surface area contributed by atoms with E-state index in [-0.39, 0.29) is 0 Å². The Morgan fingerprint density at radius 1 is 0.864 bits per heavy atom. The van der Waals surface area contributed by atoms with Crippen LogP contribution in [-0.2, 0) is 6.42 Å². The first-order valence-electron chi connectivity index (χ1n) is 7.70. The molecule has 0 amide bonds. The lowest BCUT2D eigenvalue weighted by molar-refractivity contribution is 1.18. The Hall–Kier alpha value is -2.67. The Bertz CT molecular complexity index is 1060. The molecule has 4 aromatic rings. The van der Waals surface area contributed by atoms with E-state index >= 15 is 0 Å². The van der Waals surface area contributed by atoms with Gasteiger partial charge in [-0.2, -0.15) is 0 Å². The number of fused-ring (bicyclic) bond motifs is 6. The quantitative estimate of drug-likeness (QED) is 0.352. The Kier molecular flexibility index (Phi) is 2.26. The molecule has 1 nitrogen and oxygen atoms in total. The zero-order valence-electron chi connectivity index (χ0n) is 12.4. The minimum Gasteiger partial charge on any atom is -0.256 e. The zero-order valence-corrected chi connectivity index (χ0v) is 12.4. The number of pyridine rings is 1. The average molecular weight is 281 g/mol. The normalized spacial score (nSPS) is 12.6. The minimum atomic E-state index is 1.01. The lowest BCUT2D eigenvalue weighted by Crippen LogP contribution is -1.87. The summed E-state index contributed by atoms with van der Waals surface area (Å²) in [4.78, 5) is 4.65. The van der Waals surface area contributed by atoms with Crippen LogP contribution < -0.4 is 0 Å². The zero-order chi connectivity index (χ0) is 14.7. The monoisotopic (exact) mass is 281 g/mol. The molecule has 22 heavy (non-hydrogen) atoms. The van der Waals surface area contributed by atoms with Gasteiger partial charge in [0.25, 0.3) is 0 Å². The highest BCUT2D eigenvalue weighted by Crippen LogP contribution is 2.40. The highest BCUT2D eigenvalue weighted by molar-refractivity contribution is 6.09. The molecular weight excluding hydrogens is 266 g/mol. The van der Waals surface area contributed by atoms with Crippen molar-refractivity contribution in [2.75, 3.05) is 0 Å². The van der Waals surface area contributed by atoms with Crippen molar-refractivity contribution in [1.82, 2.24) is 4.98 Å². The first-order chi connectivity index (χ1) is 10.8. The fourth-order valence-electron chi connectivity index (χ4n) is 3.70. The van der Waals surface area contributed by atoms with Crippen LogP contribution in [0.15, 0.2) is 60.8 Å².